The lowest BCUT2D eigenvalue weighted by atomic mass is 10.2. The van der Waals surface area contributed by atoms with Crippen LogP contribution in [0.3, 0.4) is 0 Å². The fourth-order valence-corrected chi connectivity index (χ4v) is 2.05. The molecule has 0 bridgehead atoms. The molecule has 0 aliphatic rings. The zero-order chi connectivity index (χ0) is 14.0. The summed E-state index contributed by atoms with van der Waals surface area (Å²) in [6.07, 6.45) is 0.118. The summed E-state index contributed by atoms with van der Waals surface area (Å²) in [4.78, 5) is 20.2. The van der Waals surface area contributed by atoms with Crippen LogP contribution >= 0.6 is 11.6 Å². The van der Waals surface area contributed by atoms with Crippen molar-refractivity contribution in [2.75, 3.05) is 13.6 Å². The van der Waals surface area contributed by atoms with E-state index in [1.54, 1.807) is 6.07 Å². The molecule has 1 aromatic heterocycles. The van der Waals surface area contributed by atoms with Crippen LogP contribution in [0.1, 0.15) is 25.2 Å². The molecule has 2 rings (SSSR count). The van der Waals surface area contributed by atoms with E-state index < -0.39 is 5.97 Å². The lowest BCUT2D eigenvalue weighted by molar-refractivity contribution is -0.137. The molecule has 6 heteroatoms. The Morgan fingerprint density at radius 3 is 3.00 bits per heavy atom. The average molecular weight is 282 g/mol. The van der Waals surface area contributed by atoms with Crippen LogP contribution in [0.5, 0.6) is 0 Å². The minimum Gasteiger partial charge on any atom is -0.481 e. The van der Waals surface area contributed by atoms with E-state index in [4.69, 9.17) is 16.7 Å². The molecule has 2 aromatic rings. The molecule has 0 aliphatic carbocycles. The van der Waals surface area contributed by atoms with E-state index in [1.807, 2.05) is 31.0 Å². The summed E-state index contributed by atoms with van der Waals surface area (Å²) in [5.41, 5.74) is 1.75. The van der Waals surface area contributed by atoms with Crippen molar-refractivity contribution in [2.24, 2.45) is 0 Å². The highest BCUT2D eigenvalue weighted by Gasteiger charge is 2.16. The molecule has 19 heavy (non-hydrogen) atoms. The molecule has 1 unspecified atom stereocenters. The van der Waals surface area contributed by atoms with Crippen LogP contribution in [-0.4, -0.2) is 39.5 Å². The normalized spacial score (nSPS) is 13.1. The molecule has 1 heterocycles. The van der Waals surface area contributed by atoms with E-state index >= 15 is 0 Å². The van der Waals surface area contributed by atoms with Crippen molar-refractivity contribution in [1.29, 1.82) is 0 Å². The number of fused-ring (bicyclic) bond motifs is 1. The van der Waals surface area contributed by atoms with Gasteiger partial charge in [0, 0.05) is 11.6 Å². The first-order valence-corrected chi connectivity index (χ1v) is 6.42. The molecular weight excluding hydrogens is 266 g/mol. The SMILES string of the molecule is CC(c1nc2ccc(Cl)cc2[nH]1)N(C)CCC(=O)O. The molecule has 102 valence electrons. The number of aromatic nitrogens is 2. The third kappa shape index (κ3) is 3.24. The fourth-order valence-electron chi connectivity index (χ4n) is 1.87. The van der Waals surface area contributed by atoms with Gasteiger partial charge in [-0.25, -0.2) is 4.98 Å². The van der Waals surface area contributed by atoms with Gasteiger partial charge in [0.15, 0.2) is 0 Å². The van der Waals surface area contributed by atoms with Crippen molar-refractivity contribution in [1.82, 2.24) is 14.9 Å². The van der Waals surface area contributed by atoms with Crippen molar-refractivity contribution in [3.05, 3.63) is 29.0 Å². The Kier molecular flexibility index (Phi) is 4.07. The summed E-state index contributed by atoms with van der Waals surface area (Å²) in [7, 11) is 1.88. The second kappa shape index (κ2) is 5.59. The molecule has 0 fully saturated rings. The van der Waals surface area contributed by atoms with Crippen LogP contribution in [0.15, 0.2) is 18.2 Å². The first-order valence-electron chi connectivity index (χ1n) is 6.04. The molecule has 2 N–H and O–H groups in total. The highest BCUT2D eigenvalue weighted by molar-refractivity contribution is 6.31. The van der Waals surface area contributed by atoms with Gasteiger partial charge in [-0.3, -0.25) is 9.69 Å². The van der Waals surface area contributed by atoms with Crippen molar-refractivity contribution in [2.45, 2.75) is 19.4 Å². The van der Waals surface area contributed by atoms with Gasteiger partial charge < -0.3 is 10.1 Å². The maximum Gasteiger partial charge on any atom is 0.304 e. The largest absolute Gasteiger partial charge is 0.481 e. The summed E-state index contributed by atoms with van der Waals surface area (Å²) >= 11 is 5.93. The third-order valence-corrected chi connectivity index (χ3v) is 3.43. The van der Waals surface area contributed by atoms with E-state index in [0.29, 0.717) is 11.6 Å². The first kappa shape index (κ1) is 13.8. The van der Waals surface area contributed by atoms with Gasteiger partial charge in [0.05, 0.1) is 23.5 Å². The summed E-state index contributed by atoms with van der Waals surface area (Å²) in [5, 5.41) is 9.36. The predicted molar refractivity (Wildman–Crippen MR) is 74.4 cm³/mol. The minimum atomic E-state index is -0.796. The zero-order valence-electron chi connectivity index (χ0n) is 10.9. The molecule has 0 saturated heterocycles. The van der Waals surface area contributed by atoms with Crippen molar-refractivity contribution >= 4 is 28.6 Å². The summed E-state index contributed by atoms with van der Waals surface area (Å²) in [6, 6.07) is 5.51. The van der Waals surface area contributed by atoms with Gasteiger partial charge in [0.2, 0.25) is 0 Å². The summed E-state index contributed by atoms with van der Waals surface area (Å²) in [5.74, 6) is 0.0144. The number of nitrogens with one attached hydrogen (secondary N) is 1. The molecule has 0 amide bonds. The quantitative estimate of drug-likeness (QED) is 0.884. The monoisotopic (exact) mass is 281 g/mol. The van der Waals surface area contributed by atoms with Crippen molar-refractivity contribution in [3.63, 3.8) is 0 Å². The van der Waals surface area contributed by atoms with E-state index in [-0.39, 0.29) is 12.5 Å². The standard InChI is InChI=1S/C13H16ClN3O2/c1-8(17(2)6-5-12(18)19)13-15-10-4-3-9(14)7-11(10)16-13/h3-4,7-8H,5-6H2,1-2H3,(H,15,16)(H,18,19). The second-order valence-electron chi connectivity index (χ2n) is 4.58. The molecule has 1 aromatic carbocycles. The number of rotatable bonds is 5. The smallest absolute Gasteiger partial charge is 0.304 e. The van der Waals surface area contributed by atoms with E-state index in [2.05, 4.69) is 9.97 Å². The highest BCUT2D eigenvalue weighted by Crippen LogP contribution is 2.22. The number of nitrogens with zero attached hydrogens (tertiary/aromatic N) is 2. The van der Waals surface area contributed by atoms with Crippen molar-refractivity contribution in [3.8, 4) is 0 Å². The van der Waals surface area contributed by atoms with Gasteiger partial charge in [-0.15, -0.1) is 0 Å². The average Bonchev–Trinajstić information content (AvgIpc) is 2.77. The third-order valence-electron chi connectivity index (χ3n) is 3.20. The maximum atomic E-state index is 10.6. The van der Waals surface area contributed by atoms with Gasteiger partial charge in [-0.1, -0.05) is 11.6 Å². The Balaban J connectivity index is 2.16. The number of H-pyrrole nitrogens is 1. The number of halogens is 1. The molecule has 5 nitrogen and oxygen atoms in total. The number of hydrogen-bond acceptors (Lipinski definition) is 3. The van der Waals surface area contributed by atoms with Crippen LogP contribution in [0.25, 0.3) is 11.0 Å². The minimum absolute atomic E-state index is 0.0190. The lowest BCUT2D eigenvalue weighted by Gasteiger charge is -2.21. The molecule has 0 saturated carbocycles. The van der Waals surface area contributed by atoms with Crippen molar-refractivity contribution < 1.29 is 9.90 Å². The molecule has 0 spiro atoms. The second-order valence-corrected chi connectivity index (χ2v) is 5.02. The Hall–Kier alpha value is -1.59. The van der Waals surface area contributed by atoms with Crippen LogP contribution in [0, 0.1) is 0 Å². The Bertz CT molecular complexity index is 597. The van der Waals surface area contributed by atoms with Crippen LogP contribution in [0.4, 0.5) is 0 Å². The number of imidazole rings is 1. The maximum absolute atomic E-state index is 10.6. The van der Waals surface area contributed by atoms with Gasteiger partial charge in [-0.05, 0) is 32.2 Å². The highest BCUT2D eigenvalue weighted by atomic mass is 35.5. The topological polar surface area (TPSA) is 69.2 Å². The van der Waals surface area contributed by atoms with Gasteiger partial charge in [0.1, 0.15) is 5.82 Å². The van der Waals surface area contributed by atoms with Crippen LogP contribution < -0.4 is 0 Å². The Morgan fingerprint density at radius 1 is 1.58 bits per heavy atom. The Labute approximate surface area is 116 Å². The zero-order valence-corrected chi connectivity index (χ0v) is 11.6. The van der Waals surface area contributed by atoms with E-state index in [0.717, 1.165) is 16.9 Å². The summed E-state index contributed by atoms with van der Waals surface area (Å²) in [6.45, 7) is 2.47. The summed E-state index contributed by atoms with van der Waals surface area (Å²) < 4.78 is 0. The van der Waals surface area contributed by atoms with Gasteiger partial charge in [0.25, 0.3) is 0 Å². The number of aromatic amines is 1. The Morgan fingerprint density at radius 2 is 2.32 bits per heavy atom. The van der Waals surface area contributed by atoms with Crippen LogP contribution in [-0.2, 0) is 4.79 Å². The van der Waals surface area contributed by atoms with E-state index in [1.165, 1.54) is 0 Å². The molecule has 0 radical (unpaired) electrons. The molecule has 1 atom stereocenters. The number of carboxylic acid groups (broad SMARTS) is 1. The molecule has 0 aliphatic heterocycles. The number of carboxylic acids is 1. The number of carbonyl (C=O) groups is 1. The fraction of sp³-hybridized carbons (Fsp3) is 0.385. The number of benzene rings is 1. The lowest BCUT2D eigenvalue weighted by Crippen LogP contribution is -2.25. The predicted octanol–water partition coefficient (Wildman–Crippen LogP) is 2.68. The van der Waals surface area contributed by atoms with E-state index in [9.17, 15) is 4.79 Å². The number of aliphatic carboxylic acids is 1. The van der Waals surface area contributed by atoms with Gasteiger partial charge >= 0.3 is 5.97 Å². The first-order chi connectivity index (χ1) is 8.97. The van der Waals surface area contributed by atoms with Crippen LogP contribution in [0.2, 0.25) is 5.02 Å². The molecular formula is C13H16ClN3O2. The number of hydrogen-bond donors (Lipinski definition) is 2. The van der Waals surface area contributed by atoms with Gasteiger partial charge in [-0.2, -0.15) is 0 Å².